The maximum atomic E-state index is 4.67. The minimum absolute atomic E-state index is 0.612. The average molecular weight is 366 g/mol. The van der Waals surface area contributed by atoms with Crippen LogP contribution in [0.4, 0.5) is 0 Å². The van der Waals surface area contributed by atoms with Crippen molar-refractivity contribution in [2.24, 2.45) is 10.4 Å². The molecule has 4 rings (SSSR count). The van der Waals surface area contributed by atoms with Crippen LogP contribution in [0, 0.1) is 12.3 Å². The summed E-state index contributed by atoms with van der Waals surface area (Å²) in [5.41, 5.74) is 4.17. The Morgan fingerprint density at radius 1 is 1.22 bits per heavy atom. The molecule has 144 valence electrons. The Hall–Kier alpha value is -2.30. The van der Waals surface area contributed by atoms with Crippen molar-refractivity contribution in [3.05, 3.63) is 47.8 Å². The van der Waals surface area contributed by atoms with Crippen molar-refractivity contribution in [1.82, 2.24) is 20.0 Å². The maximum Gasteiger partial charge on any atom is 0.193 e. The molecular weight excluding hydrogens is 334 g/mol. The maximum absolute atomic E-state index is 4.67. The molecule has 2 aliphatic rings. The molecule has 1 saturated heterocycles. The van der Waals surface area contributed by atoms with Crippen LogP contribution < -0.4 is 5.32 Å². The summed E-state index contributed by atoms with van der Waals surface area (Å²) < 4.78 is 1.99. The van der Waals surface area contributed by atoms with Crippen LogP contribution in [0.15, 0.2) is 41.5 Å². The van der Waals surface area contributed by atoms with Crippen LogP contribution in [0.25, 0.3) is 5.69 Å². The lowest BCUT2D eigenvalue weighted by Crippen LogP contribution is -2.42. The van der Waals surface area contributed by atoms with Gasteiger partial charge in [0.25, 0.3) is 0 Å². The van der Waals surface area contributed by atoms with Crippen molar-refractivity contribution in [3.63, 3.8) is 0 Å². The van der Waals surface area contributed by atoms with Gasteiger partial charge in [0.15, 0.2) is 5.96 Å². The van der Waals surface area contributed by atoms with Gasteiger partial charge in [0.1, 0.15) is 0 Å². The number of para-hydroxylation sites is 1. The molecule has 0 bridgehead atoms. The molecular formula is C22H31N5. The van der Waals surface area contributed by atoms with Crippen LogP contribution in [0.1, 0.15) is 43.4 Å². The van der Waals surface area contributed by atoms with Gasteiger partial charge in [0.05, 0.1) is 11.4 Å². The molecule has 1 aromatic heterocycles. The highest BCUT2D eigenvalue weighted by Crippen LogP contribution is 2.47. The second-order valence-electron chi connectivity index (χ2n) is 8.12. The minimum atomic E-state index is 0.612. The van der Waals surface area contributed by atoms with Gasteiger partial charge < -0.3 is 10.2 Å². The summed E-state index contributed by atoms with van der Waals surface area (Å²) in [6.45, 7) is 5.40. The van der Waals surface area contributed by atoms with E-state index in [0.717, 1.165) is 43.3 Å². The second kappa shape index (κ2) is 7.75. The summed E-state index contributed by atoms with van der Waals surface area (Å²) in [5, 5.41) is 8.24. The Labute approximate surface area is 162 Å². The molecule has 0 radical (unpaired) electrons. The van der Waals surface area contributed by atoms with E-state index >= 15 is 0 Å². The lowest BCUT2D eigenvalue weighted by atomic mass is 9.68. The zero-order valence-electron chi connectivity index (χ0n) is 16.6. The highest BCUT2D eigenvalue weighted by Gasteiger charge is 2.43. The minimum Gasteiger partial charge on any atom is -0.356 e. The molecule has 2 fully saturated rings. The van der Waals surface area contributed by atoms with E-state index < -0.39 is 0 Å². The normalized spacial score (nSPS) is 18.7. The number of hydrogen-bond acceptors (Lipinski definition) is 2. The fraction of sp³-hybridized carbons (Fsp3) is 0.545. The standard InChI is InChI=1S/C22H31N5/c1-18-19(16-27(25-18)20-9-4-3-5-10-20)8-6-14-24-21(23-2)26-15-13-22(17-26)11-7-12-22/h3-5,9-10,16H,6-8,11-15,17H2,1-2H3,(H,23,24). The number of aromatic nitrogens is 2. The van der Waals surface area contributed by atoms with E-state index in [1.165, 1.54) is 37.8 Å². The summed E-state index contributed by atoms with van der Waals surface area (Å²) >= 11 is 0. The topological polar surface area (TPSA) is 45.5 Å². The van der Waals surface area contributed by atoms with Gasteiger partial charge in [-0.1, -0.05) is 24.6 Å². The quantitative estimate of drug-likeness (QED) is 0.501. The van der Waals surface area contributed by atoms with Crippen LogP contribution in [0.2, 0.25) is 0 Å². The first kappa shape index (κ1) is 18.1. The van der Waals surface area contributed by atoms with Gasteiger partial charge in [0, 0.05) is 32.9 Å². The van der Waals surface area contributed by atoms with Crippen molar-refractivity contribution >= 4 is 5.96 Å². The zero-order valence-corrected chi connectivity index (χ0v) is 16.6. The molecule has 2 aromatic rings. The van der Waals surface area contributed by atoms with E-state index in [1.807, 2.05) is 29.9 Å². The summed E-state index contributed by atoms with van der Waals surface area (Å²) in [4.78, 5) is 6.97. The van der Waals surface area contributed by atoms with E-state index in [-0.39, 0.29) is 0 Å². The predicted octanol–water partition coefficient (Wildman–Crippen LogP) is 3.56. The molecule has 0 atom stereocenters. The Morgan fingerprint density at radius 2 is 2.04 bits per heavy atom. The monoisotopic (exact) mass is 365 g/mol. The Bertz CT molecular complexity index is 788. The summed E-state index contributed by atoms with van der Waals surface area (Å²) in [7, 11) is 1.90. The lowest BCUT2D eigenvalue weighted by molar-refractivity contribution is 0.151. The van der Waals surface area contributed by atoms with E-state index in [1.54, 1.807) is 0 Å². The smallest absolute Gasteiger partial charge is 0.193 e. The average Bonchev–Trinajstić information content (AvgIpc) is 3.27. The molecule has 1 aliphatic carbocycles. The van der Waals surface area contributed by atoms with E-state index in [0.29, 0.717) is 5.41 Å². The van der Waals surface area contributed by atoms with Crippen molar-refractivity contribution in [2.75, 3.05) is 26.7 Å². The van der Waals surface area contributed by atoms with Gasteiger partial charge >= 0.3 is 0 Å². The number of nitrogens with one attached hydrogen (secondary N) is 1. The van der Waals surface area contributed by atoms with Gasteiger partial charge in [-0.15, -0.1) is 0 Å². The van der Waals surface area contributed by atoms with Crippen LogP contribution in [-0.4, -0.2) is 47.3 Å². The van der Waals surface area contributed by atoms with Gasteiger partial charge in [-0.05, 0) is 62.1 Å². The molecule has 0 unspecified atom stereocenters. The van der Waals surface area contributed by atoms with Crippen molar-refractivity contribution in [2.45, 2.75) is 45.4 Å². The molecule has 27 heavy (non-hydrogen) atoms. The molecule has 2 heterocycles. The third kappa shape index (κ3) is 3.87. The zero-order chi connectivity index (χ0) is 18.7. The van der Waals surface area contributed by atoms with Gasteiger partial charge in [-0.3, -0.25) is 4.99 Å². The van der Waals surface area contributed by atoms with Crippen molar-refractivity contribution in [1.29, 1.82) is 0 Å². The fourth-order valence-corrected chi connectivity index (χ4v) is 4.47. The first-order valence-electron chi connectivity index (χ1n) is 10.3. The second-order valence-corrected chi connectivity index (χ2v) is 8.12. The predicted molar refractivity (Wildman–Crippen MR) is 110 cm³/mol. The molecule has 5 nitrogen and oxygen atoms in total. The van der Waals surface area contributed by atoms with Crippen molar-refractivity contribution in [3.8, 4) is 5.69 Å². The Morgan fingerprint density at radius 3 is 2.70 bits per heavy atom. The van der Waals surface area contributed by atoms with Crippen molar-refractivity contribution < 1.29 is 0 Å². The van der Waals surface area contributed by atoms with Gasteiger partial charge in [-0.2, -0.15) is 5.10 Å². The molecule has 1 N–H and O–H groups in total. The summed E-state index contributed by atoms with van der Waals surface area (Å²) in [6, 6.07) is 10.3. The number of likely N-dealkylation sites (tertiary alicyclic amines) is 1. The third-order valence-electron chi connectivity index (χ3n) is 6.29. The van der Waals surface area contributed by atoms with E-state index in [2.05, 4.69) is 45.6 Å². The highest BCUT2D eigenvalue weighted by molar-refractivity contribution is 5.80. The van der Waals surface area contributed by atoms with Gasteiger partial charge in [-0.25, -0.2) is 4.68 Å². The number of benzene rings is 1. The van der Waals surface area contributed by atoms with E-state index in [9.17, 15) is 0 Å². The van der Waals surface area contributed by atoms with Crippen LogP contribution in [-0.2, 0) is 6.42 Å². The van der Waals surface area contributed by atoms with Crippen LogP contribution in [0.5, 0.6) is 0 Å². The van der Waals surface area contributed by atoms with E-state index in [4.69, 9.17) is 0 Å². The molecule has 0 amide bonds. The number of aryl methyl sites for hydroxylation is 2. The lowest BCUT2D eigenvalue weighted by Gasteiger charge is -2.38. The highest BCUT2D eigenvalue weighted by atomic mass is 15.3. The fourth-order valence-electron chi connectivity index (χ4n) is 4.47. The molecule has 5 heteroatoms. The first-order valence-corrected chi connectivity index (χ1v) is 10.3. The summed E-state index contributed by atoms with van der Waals surface area (Å²) in [6.07, 6.45) is 9.85. The first-order chi connectivity index (χ1) is 13.2. The largest absolute Gasteiger partial charge is 0.356 e. The molecule has 1 aromatic carbocycles. The number of hydrogen-bond donors (Lipinski definition) is 1. The number of nitrogens with zero attached hydrogens (tertiary/aromatic N) is 4. The molecule has 1 saturated carbocycles. The summed E-state index contributed by atoms with van der Waals surface area (Å²) in [5.74, 6) is 1.08. The van der Waals surface area contributed by atoms with Crippen LogP contribution >= 0.6 is 0 Å². The van der Waals surface area contributed by atoms with Gasteiger partial charge in [0.2, 0.25) is 0 Å². The molecule has 1 spiro atoms. The number of aliphatic imine (C=N–C) groups is 1. The number of guanidine groups is 1. The SMILES string of the molecule is CN=C(NCCCc1cn(-c2ccccc2)nc1C)N1CCC2(CCC2)C1. The third-order valence-corrected chi connectivity index (χ3v) is 6.29. The molecule has 1 aliphatic heterocycles. The Balaban J connectivity index is 1.27. The van der Waals surface area contributed by atoms with Crippen LogP contribution in [0.3, 0.4) is 0 Å². The Kier molecular flexibility index (Phi) is 5.19. The number of rotatable bonds is 5.